The summed E-state index contributed by atoms with van der Waals surface area (Å²) in [5.74, 6) is 0.579. The smallest absolute Gasteiger partial charge is 0.229 e. The molecule has 2 rings (SSSR count). The number of hydrogen-bond acceptors (Lipinski definition) is 2. The molecular formula is C13H17BrN2O. The minimum absolute atomic E-state index is 0.0717. The Labute approximate surface area is 110 Å². The SMILES string of the molecule is Cc1ccc(Br)c(NC(=O)C2CNCC2C)c1. The predicted molar refractivity (Wildman–Crippen MR) is 73.0 cm³/mol. The maximum absolute atomic E-state index is 12.1. The van der Waals surface area contributed by atoms with Crippen LogP contribution in [-0.4, -0.2) is 19.0 Å². The monoisotopic (exact) mass is 296 g/mol. The van der Waals surface area contributed by atoms with E-state index in [9.17, 15) is 4.79 Å². The molecule has 1 fully saturated rings. The van der Waals surface area contributed by atoms with Gasteiger partial charge in [-0.3, -0.25) is 4.79 Å². The highest BCUT2D eigenvalue weighted by molar-refractivity contribution is 9.10. The zero-order valence-electron chi connectivity index (χ0n) is 10.1. The van der Waals surface area contributed by atoms with Crippen molar-refractivity contribution >= 4 is 27.5 Å². The average Bonchev–Trinajstić information content (AvgIpc) is 2.70. The summed E-state index contributed by atoms with van der Waals surface area (Å²) in [5.41, 5.74) is 2.00. The van der Waals surface area contributed by atoms with Gasteiger partial charge in [-0.2, -0.15) is 0 Å². The molecule has 0 saturated carbocycles. The van der Waals surface area contributed by atoms with Crippen LogP contribution in [-0.2, 0) is 4.79 Å². The Morgan fingerprint density at radius 2 is 2.24 bits per heavy atom. The van der Waals surface area contributed by atoms with Crippen LogP contribution in [0.15, 0.2) is 22.7 Å². The van der Waals surface area contributed by atoms with Gasteiger partial charge in [-0.1, -0.05) is 13.0 Å². The summed E-state index contributed by atoms with van der Waals surface area (Å²) >= 11 is 3.45. The highest BCUT2D eigenvalue weighted by atomic mass is 79.9. The molecule has 1 heterocycles. The van der Waals surface area contributed by atoms with Crippen LogP contribution in [0.2, 0.25) is 0 Å². The fourth-order valence-electron chi connectivity index (χ4n) is 2.12. The summed E-state index contributed by atoms with van der Waals surface area (Å²) in [6.45, 7) is 5.82. The number of rotatable bonds is 2. The Kier molecular flexibility index (Phi) is 3.84. The van der Waals surface area contributed by atoms with Crippen LogP contribution in [0.3, 0.4) is 0 Å². The highest BCUT2D eigenvalue weighted by Gasteiger charge is 2.29. The van der Waals surface area contributed by atoms with E-state index in [0.717, 1.165) is 28.8 Å². The van der Waals surface area contributed by atoms with Gasteiger partial charge in [0, 0.05) is 11.0 Å². The molecule has 2 unspecified atom stereocenters. The van der Waals surface area contributed by atoms with Crippen molar-refractivity contribution in [3.05, 3.63) is 28.2 Å². The largest absolute Gasteiger partial charge is 0.325 e. The number of halogens is 1. The second kappa shape index (κ2) is 5.19. The van der Waals surface area contributed by atoms with E-state index in [0.29, 0.717) is 5.92 Å². The van der Waals surface area contributed by atoms with Crippen LogP contribution in [0, 0.1) is 18.8 Å². The molecule has 1 aromatic rings. The van der Waals surface area contributed by atoms with Gasteiger partial charge in [0.05, 0.1) is 11.6 Å². The van der Waals surface area contributed by atoms with E-state index < -0.39 is 0 Å². The van der Waals surface area contributed by atoms with Gasteiger partial charge in [0.2, 0.25) is 5.91 Å². The van der Waals surface area contributed by atoms with E-state index in [1.807, 2.05) is 25.1 Å². The van der Waals surface area contributed by atoms with Crippen molar-refractivity contribution in [3.63, 3.8) is 0 Å². The summed E-state index contributed by atoms with van der Waals surface area (Å²) in [5, 5.41) is 6.24. The van der Waals surface area contributed by atoms with Crippen LogP contribution in [0.4, 0.5) is 5.69 Å². The molecule has 3 nitrogen and oxygen atoms in total. The number of anilines is 1. The number of amides is 1. The summed E-state index contributed by atoms with van der Waals surface area (Å²) in [6, 6.07) is 5.95. The molecule has 0 bridgehead atoms. The normalized spacial score (nSPS) is 23.7. The van der Waals surface area contributed by atoms with Crippen LogP contribution >= 0.6 is 15.9 Å². The van der Waals surface area contributed by atoms with E-state index in [-0.39, 0.29) is 11.8 Å². The van der Waals surface area contributed by atoms with E-state index in [4.69, 9.17) is 0 Å². The van der Waals surface area contributed by atoms with E-state index in [1.54, 1.807) is 0 Å². The van der Waals surface area contributed by atoms with Gasteiger partial charge in [0.25, 0.3) is 0 Å². The van der Waals surface area contributed by atoms with Gasteiger partial charge in [0.15, 0.2) is 0 Å². The molecule has 0 aliphatic carbocycles. The lowest BCUT2D eigenvalue weighted by molar-refractivity contribution is -0.120. The molecule has 1 aliphatic heterocycles. The van der Waals surface area contributed by atoms with Gasteiger partial charge in [-0.25, -0.2) is 0 Å². The molecule has 1 aliphatic rings. The molecule has 0 radical (unpaired) electrons. The number of carbonyl (C=O) groups excluding carboxylic acids is 1. The molecule has 92 valence electrons. The first-order valence-electron chi connectivity index (χ1n) is 5.85. The van der Waals surface area contributed by atoms with Gasteiger partial charge < -0.3 is 10.6 Å². The van der Waals surface area contributed by atoms with Crippen LogP contribution in [0.1, 0.15) is 12.5 Å². The number of nitrogens with one attached hydrogen (secondary N) is 2. The number of carbonyl (C=O) groups is 1. The molecule has 0 aromatic heterocycles. The molecule has 2 N–H and O–H groups in total. The first-order chi connectivity index (χ1) is 8.08. The maximum atomic E-state index is 12.1. The second-order valence-corrected chi connectivity index (χ2v) is 5.57. The quantitative estimate of drug-likeness (QED) is 0.881. The Morgan fingerprint density at radius 3 is 2.88 bits per heavy atom. The maximum Gasteiger partial charge on any atom is 0.229 e. The van der Waals surface area contributed by atoms with Gasteiger partial charge in [-0.05, 0) is 53.0 Å². The Hall–Kier alpha value is -0.870. The van der Waals surface area contributed by atoms with Gasteiger partial charge in [-0.15, -0.1) is 0 Å². The van der Waals surface area contributed by atoms with Crippen molar-refractivity contribution in [2.24, 2.45) is 11.8 Å². The molecular weight excluding hydrogens is 280 g/mol. The standard InChI is InChI=1S/C13H17BrN2O/c1-8-3-4-11(14)12(5-8)16-13(17)10-7-15-6-9(10)2/h3-5,9-10,15H,6-7H2,1-2H3,(H,16,17). The molecule has 1 saturated heterocycles. The first kappa shape index (κ1) is 12.6. The molecule has 2 atom stereocenters. The first-order valence-corrected chi connectivity index (χ1v) is 6.65. The lowest BCUT2D eigenvalue weighted by atomic mass is 9.97. The Morgan fingerprint density at radius 1 is 1.47 bits per heavy atom. The fraction of sp³-hybridized carbons (Fsp3) is 0.462. The summed E-state index contributed by atoms with van der Waals surface area (Å²) in [7, 11) is 0. The molecule has 1 amide bonds. The highest BCUT2D eigenvalue weighted by Crippen LogP contribution is 2.25. The third-order valence-corrected chi connectivity index (χ3v) is 3.93. The van der Waals surface area contributed by atoms with Gasteiger partial charge in [0.1, 0.15) is 0 Å². The predicted octanol–water partition coefficient (Wildman–Crippen LogP) is 2.55. The van der Waals surface area contributed by atoms with Crippen molar-refractivity contribution in [2.45, 2.75) is 13.8 Å². The second-order valence-electron chi connectivity index (χ2n) is 4.71. The molecule has 0 spiro atoms. The molecule has 17 heavy (non-hydrogen) atoms. The minimum atomic E-state index is 0.0717. The summed E-state index contributed by atoms with van der Waals surface area (Å²) in [4.78, 5) is 12.1. The summed E-state index contributed by atoms with van der Waals surface area (Å²) in [6.07, 6.45) is 0. The Balaban J connectivity index is 2.10. The third kappa shape index (κ3) is 2.87. The van der Waals surface area contributed by atoms with Crippen LogP contribution < -0.4 is 10.6 Å². The van der Waals surface area contributed by atoms with E-state index in [2.05, 4.69) is 33.5 Å². The molecule has 1 aromatic carbocycles. The molecule has 4 heteroatoms. The number of benzene rings is 1. The van der Waals surface area contributed by atoms with E-state index in [1.165, 1.54) is 0 Å². The van der Waals surface area contributed by atoms with Crippen molar-refractivity contribution in [1.82, 2.24) is 5.32 Å². The number of hydrogen-bond donors (Lipinski definition) is 2. The lowest BCUT2D eigenvalue weighted by Crippen LogP contribution is -2.28. The van der Waals surface area contributed by atoms with Crippen LogP contribution in [0.25, 0.3) is 0 Å². The van der Waals surface area contributed by atoms with E-state index >= 15 is 0 Å². The van der Waals surface area contributed by atoms with Crippen LogP contribution in [0.5, 0.6) is 0 Å². The minimum Gasteiger partial charge on any atom is -0.325 e. The summed E-state index contributed by atoms with van der Waals surface area (Å²) < 4.78 is 0.926. The average molecular weight is 297 g/mol. The Bertz CT molecular complexity index is 433. The van der Waals surface area contributed by atoms with Crippen molar-refractivity contribution < 1.29 is 4.79 Å². The van der Waals surface area contributed by atoms with Crippen molar-refractivity contribution in [2.75, 3.05) is 18.4 Å². The topological polar surface area (TPSA) is 41.1 Å². The number of aryl methyl sites for hydroxylation is 1. The van der Waals surface area contributed by atoms with Crippen molar-refractivity contribution in [1.29, 1.82) is 0 Å². The van der Waals surface area contributed by atoms with Gasteiger partial charge >= 0.3 is 0 Å². The van der Waals surface area contributed by atoms with Crippen molar-refractivity contribution in [3.8, 4) is 0 Å². The third-order valence-electron chi connectivity index (χ3n) is 3.23. The lowest BCUT2D eigenvalue weighted by Gasteiger charge is -2.15. The zero-order valence-corrected chi connectivity index (χ0v) is 11.7. The fourth-order valence-corrected chi connectivity index (χ4v) is 2.47. The zero-order chi connectivity index (χ0) is 12.4.